The van der Waals surface area contributed by atoms with E-state index in [0.29, 0.717) is 31.1 Å². The molecule has 0 saturated carbocycles. The maximum atomic E-state index is 12.8. The zero-order valence-corrected chi connectivity index (χ0v) is 15.2. The van der Waals surface area contributed by atoms with Crippen LogP contribution in [0.5, 0.6) is 0 Å². The highest BCUT2D eigenvalue weighted by atomic mass is 32.2. The van der Waals surface area contributed by atoms with Crippen molar-refractivity contribution in [1.29, 1.82) is 0 Å². The lowest BCUT2D eigenvalue weighted by Crippen LogP contribution is -2.50. The summed E-state index contributed by atoms with van der Waals surface area (Å²) in [6, 6.07) is 5.35. The second-order valence-corrected chi connectivity index (χ2v) is 7.79. The van der Waals surface area contributed by atoms with Gasteiger partial charge in [0, 0.05) is 32.3 Å². The first-order valence-electron chi connectivity index (χ1n) is 8.02. The summed E-state index contributed by atoms with van der Waals surface area (Å²) in [5, 5.41) is 0. The molecule has 0 spiro atoms. The third-order valence-electron chi connectivity index (χ3n) is 4.04. The number of benzene rings is 1. The van der Waals surface area contributed by atoms with Crippen LogP contribution < -0.4 is 0 Å². The second-order valence-electron chi connectivity index (χ2n) is 5.88. The smallest absolute Gasteiger partial charge is 0.246 e. The van der Waals surface area contributed by atoms with Gasteiger partial charge in [-0.05, 0) is 32.4 Å². The summed E-state index contributed by atoms with van der Waals surface area (Å²) >= 11 is 0. The highest BCUT2D eigenvalue weighted by molar-refractivity contribution is 7.89. The van der Waals surface area contributed by atoms with E-state index in [1.165, 1.54) is 10.4 Å². The van der Waals surface area contributed by atoms with Crippen LogP contribution in [0.4, 0.5) is 0 Å². The summed E-state index contributed by atoms with van der Waals surface area (Å²) in [7, 11) is -3.51. The minimum Gasteiger partial charge on any atom is -0.337 e. The molecule has 0 aliphatic carbocycles. The molecule has 1 aliphatic heterocycles. The van der Waals surface area contributed by atoms with E-state index in [0.717, 1.165) is 11.1 Å². The molecule has 1 amide bonds. The van der Waals surface area contributed by atoms with Gasteiger partial charge >= 0.3 is 0 Å². The lowest BCUT2D eigenvalue weighted by Gasteiger charge is -2.33. The minimum atomic E-state index is -3.51. The number of sulfonamides is 1. The van der Waals surface area contributed by atoms with Crippen LogP contribution in [0.25, 0.3) is 0 Å². The standard InChI is InChI=1S/C18H24N2O3S/c1-4-5-6-7-18(21)19-10-12-20(13-11-19)24(22,23)17-9-8-15(2)14-16(17)3/h4-9,14H,10-13H2,1-3H3/b5-4+,7-6+. The van der Waals surface area contributed by atoms with Crippen LogP contribution >= 0.6 is 0 Å². The summed E-state index contributed by atoms with van der Waals surface area (Å²) in [6.07, 6.45) is 6.84. The summed E-state index contributed by atoms with van der Waals surface area (Å²) < 4.78 is 27.1. The Bertz CT molecular complexity index is 758. The van der Waals surface area contributed by atoms with Gasteiger partial charge in [0.15, 0.2) is 0 Å². The van der Waals surface area contributed by atoms with Gasteiger partial charge in [0.2, 0.25) is 15.9 Å². The topological polar surface area (TPSA) is 57.7 Å². The lowest BCUT2D eigenvalue weighted by molar-refractivity contribution is -0.127. The summed E-state index contributed by atoms with van der Waals surface area (Å²) in [5.41, 5.74) is 1.79. The van der Waals surface area contributed by atoms with Crippen molar-refractivity contribution < 1.29 is 13.2 Å². The second kappa shape index (κ2) is 7.77. The molecule has 0 aromatic heterocycles. The van der Waals surface area contributed by atoms with Gasteiger partial charge in [0.05, 0.1) is 4.90 Å². The molecule has 0 radical (unpaired) electrons. The number of hydrogen-bond acceptors (Lipinski definition) is 3. The molecule has 1 aromatic carbocycles. The Morgan fingerprint density at radius 2 is 1.75 bits per heavy atom. The van der Waals surface area contributed by atoms with Crippen LogP contribution in [-0.2, 0) is 14.8 Å². The van der Waals surface area contributed by atoms with E-state index in [9.17, 15) is 13.2 Å². The third kappa shape index (κ3) is 4.13. The van der Waals surface area contributed by atoms with E-state index >= 15 is 0 Å². The molecular weight excluding hydrogens is 324 g/mol. The van der Waals surface area contributed by atoms with Crippen molar-refractivity contribution in [1.82, 2.24) is 9.21 Å². The number of rotatable bonds is 4. The summed E-state index contributed by atoms with van der Waals surface area (Å²) in [4.78, 5) is 14.1. The Hall–Kier alpha value is -1.92. The molecule has 5 nitrogen and oxygen atoms in total. The first-order valence-corrected chi connectivity index (χ1v) is 9.46. The molecule has 1 saturated heterocycles. The number of carbonyl (C=O) groups excluding carboxylic acids is 1. The number of nitrogens with zero attached hydrogens (tertiary/aromatic N) is 2. The number of hydrogen-bond donors (Lipinski definition) is 0. The number of carbonyl (C=O) groups is 1. The van der Waals surface area contributed by atoms with Gasteiger partial charge in [0.1, 0.15) is 0 Å². The van der Waals surface area contributed by atoms with Crippen molar-refractivity contribution >= 4 is 15.9 Å². The third-order valence-corrected chi connectivity index (χ3v) is 6.10. The first-order chi connectivity index (χ1) is 11.4. The van der Waals surface area contributed by atoms with Crippen molar-refractivity contribution in [2.75, 3.05) is 26.2 Å². The Balaban J connectivity index is 2.07. The molecule has 0 N–H and O–H groups in total. The lowest BCUT2D eigenvalue weighted by atomic mass is 10.2. The van der Waals surface area contributed by atoms with Crippen LogP contribution in [0.3, 0.4) is 0 Å². The van der Waals surface area contributed by atoms with Crippen LogP contribution in [0.15, 0.2) is 47.4 Å². The Kier molecular flexibility index (Phi) is 5.96. The van der Waals surface area contributed by atoms with Crippen molar-refractivity contribution in [3.8, 4) is 0 Å². The molecule has 1 aromatic rings. The van der Waals surface area contributed by atoms with Gasteiger partial charge in [-0.25, -0.2) is 8.42 Å². The number of amides is 1. The monoisotopic (exact) mass is 348 g/mol. The van der Waals surface area contributed by atoms with Gasteiger partial charge in [-0.2, -0.15) is 4.31 Å². The fraction of sp³-hybridized carbons (Fsp3) is 0.389. The average molecular weight is 348 g/mol. The van der Waals surface area contributed by atoms with Gasteiger partial charge in [0.25, 0.3) is 0 Å². The highest BCUT2D eigenvalue weighted by Crippen LogP contribution is 2.22. The van der Waals surface area contributed by atoms with Crippen molar-refractivity contribution in [3.05, 3.63) is 53.6 Å². The van der Waals surface area contributed by atoms with Gasteiger partial charge in [-0.1, -0.05) is 35.9 Å². The van der Waals surface area contributed by atoms with Crippen molar-refractivity contribution in [2.45, 2.75) is 25.7 Å². The molecule has 6 heteroatoms. The SMILES string of the molecule is C/C=C/C=C/C(=O)N1CCN(S(=O)(=O)c2ccc(C)cc2C)CC1. The molecular formula is C18H24N2O3S. The van der Waals surface area contributed by atoms with Gasteiger partial charge in [-0.3, -0.25) is 4.79 Å². The number of aryl methyl sites for hydroxylation is 2. The maximum Gasteiger partial charge on any atom is 0.246 e. The summed E-state index contributed by atoms with van der Waals surface area (Å²) in [6.45, 7) is 7.08. The number of allylic oxidation sites excluding steroid dienone is 3. The molecule has 0 atom stereocenters. The van der Waals surface area contributed by atoms with Crippen LogP contribution in [0.2, 0.25) is 0 Å². The first kappa shape index (κ1) is 18.4. The zero-order chi connectivity index (χ0) is 17.7. The Morgan fingerprint density at radius 3 is 2.33 bits per heavy atom. The average Bonchev–Trinajstić information content (AvgIpc) is 2.54. The molecule has 0 bridgehead atoms. The van der Waals surface area contributed by atoms with Crippen molar-refractivity contribution in [3.63, 3.8) is 0 Å². The molecule has 1 fully saturated rings. The molecule has 1 aliphatic rings. The van der Waals surface area contributed by atoms with Gasteiger partial charge in [-0.15, -0.1) is 0 Å². The molecule has 24 heavy (non-hydrogen) atoms. The Morgan fingerprint density at radius 1 is 1.08 bits per heavy atom. The Labute approximate surface area is 144 Å². The van der Waals surface area contributed by atoms with E-state index < -0.39 is 10.0 Å². The quantitative estimate of drug-likeness (QED) is 0.619. The zero-order valence-electron chi connectivity index (χ0n) is 14.4. The largest absolute Gasteiger partial charge is 0.337 e. The van der Waals surface area contributed by atoms with Crippen LogP contribution in [0.1, 0.15) is 18.1 Å². The fourth-order valence-electron chi connectivity index (χ4n) is 2.73. The molecule has 1 heterocycles. The predicted octanol–water partition coefficient (Wildman–Crippen LogP) is 2.27. The van der Waals surface area contributed by atoms with E-state index in [2.05, 4.69) is 0 Å². The molecule has 2 rings (SSSR count). The van der Waals surface area contributed by atoms with E-state index in [4.69, 9.17) is 0 Å². The van der Waals surface area contributed by atoms with E-state index in [-0.39, 0.29) is 5.91 Å². The maximum absolute atomic E-state index is 12.8. The highest BCUT2D eigenvalue weighted by Gasteiger charge is 2.30. The fourth-order valence-corrected chi connectivity index (χ4v) is 4.36. The van der Waals surface area contributed by atoms with Gasteiger partial charge < -0.3 is 4.90 Å². The number of piperazine rings is 1. The minimum absolute atomic E-state index is 0.0864. The molecule has 0 unspecified atom stereocenters. The summed E-state index contributed by atoms with van der Waals surface area (Å²) in [5.74, 6) is -0.0864. The predicted molar refractivity (Wildman–Crippen MR) is 95.2 cm³/mol. The van der Waals surface area contributed by atoms with E-state index in [1.807, 2.05) is 39.0 Å². The van der Waals surface area contributed by atoms with Crippen LogP contribution in [0, 0.1) is 13.8 Å². The van der Waals surface area contributed by atoms with Crippen molar-refractivity contribution in [2.24, 2.45) is 0 Å². The molecule has 130 valence electrons. The normalized spacial score (nSPS) is 17.0. The van der Waals surface area contributed by atoms with Crippen LogP contribution in [-0.4, -0.2) is 49.7 Å². The van der Waals surface area contributed by atoms with E-state index in [1.54, 1.807) is 23.1 Å².